The van der Waals surface area contributed by atoms with E-state index in [0.29, 0.717) is 0 Å². The summed E-state index contributed by atoms with van der Waals surface area (Å²) in [7, 11) is 0. The van der Waals surface area contributed by atoms with E-state index in [0.717, 1.165) is 13.1 Å². The zero-order valence-corrected chi connectivity index (χ0v) is 11.8. The molecule has 0 bridgehead atoms. The number of hydrogen-bond donors (Lipinski definition) is 3. The first-order valence-corrected chi connectivity index (χ1v) is 6.45. The van der Waals surface area contributed by atoms with Crippen LogP contribution in [0.5, 0.6) is 0 Å². The van der Waals surface area contributed by atoms with E-state index >= 15 is 0 Å². The van der Waals surface area contributed by atoms with Crippen LogP contribution in [0.4, 0.5) is 0 Å². The zero-order valence-electron chi connectivity index (χ0n) is 11.8. The van der Waals surface area contributed by atoms with Crippen LogP contribution in [-0.4, -0.2) is 51.1 Å². The standard InChI is InChI=1S/C12H19N5O3/c1-12(2,3)9(11(19)20)14-10(18)8-6-17(16-15-8)7-4-13-5-7/h6-7,9,13H,4-5H2,1-3H3,(H,14,18)(H,19,20)/t9-/m1/s1. The second-order valence-electron chi connectivity index (χ2n) is 6.01. The number of hydrogen-bond acceptors (Lipinski definition) is 5. The molecule has 2 rings (SSSR count). The summed E-state index contributed by atoms with van der Waals surface area (Å²) in [6.07, 6.45) is 1.54. The van der Waals surface area contributed by atoms with E-state index in [4.69, 9.17) is 0 Å². The van der Waals surface area contributed by atoms with Gasteiger partial charge in [0.25, 0.3) is 5.91 Å². The molecule has 1 aliphatic rings. The molecular formula is C12H19N5O3. The van der Waals surface area contributed by atoms with Gasteiger partial charge in [0.05, 0.1) is 12.2 Å². The van der Waals surface area contributed by atoms with Crippen LogP contribution in [0.2, 0.25) is 0 Å². The highest BCUT2D eigenvalue weighted by atomic mass is 16.4. The molecule has 20 heavy (non-hydrogen) atoms. The van der Waals surface area contributed by atoms with Crippen LogP contribution < -0.4 is 10.6 Å². The number of carbonyl (C=O) groups excluding carboxylic acids is 1. The van der Waals surface area contributed by atoms with E-state index in [1.807, 2.05) is 0 Å². The number of nitrogens with one attached hydrogen (secondary N) is 2. The van der Waals surface area contributed by atoms with Gasteiger partial charge in [0.15, 0.2) is 5.69 Å². The van der Waals surface area contributed by atoms with Crippen molar-refractivity contribution in [3.05, 3.63) is 11.9 Å². The van der Waals surface area contributed by atoms with Crippen LogP contribution in [0, 0.1) is 5.41 Å². The predicted octanol–water partition coefficient (Wildman–Crippen LogP) is -0.348. The SMILES string of the molecule is CC(C)(C)[C@H](NC(=O)c1cn(C2CNC2)nn1)C(=O)O. The Bertz CT molecular complexity index is 515. The van der Waals surface area contributed by atoms with Gasteiger partial charge < -0.3 is 15.7 Å². The second-order valence-corrected chi connectivity index (χ2v) is 6.01. The highest BCUT2D eigenvalue weighted by Crippen LogP contribution is 2.20. The normalized spacial score (nSPS) is 17.4. The summed E-state index contributed by atoms with van der Waals surface area (Å²) < 4.78 is 1.62. The van der Waals surface area contributed by atoms with Gasteiger partial charge in [0.2, 0.25) is 0 Å². The van der Waals surface area contributed by atoms with E-state index in [9.17, 15) is 14.7 Å². The van der Waals surface area contributed by atoms with Crippen LogP contribution >= 0.6 is 0 Å². The van der Waals surface area contributed by atoms with Crippen molar-refractivity contribution in [2.24, 2.45) is 5.41 Å². The van der Waals surface area contributed by atoms with Crippen LogP contribution in [-0.2, 0) is 4.79 Å². The number of aromatic nitrogens is 3. The summed E-state index contributed by atoms with van der Waals surface area (Å²) in [6.45, 7) is 6.85. The third kappa shape index (κ3) is 2.96. The Labute approximate surface area is 116 Å². The van der Waals surface area contributed by atoms with E-state index in [-0.39, 0.29) is 11.7 Å². The van der Waals surface area contributed by atoms with Crippen molar-refractivity contribution in [2.75, 3.05) is 13.1 Å². The van der Waals surface area contributed by atoms with Crippen LogP contribution in [0.15, 0.2) is 6.20 Å². The van der Waals surface area contributed by atoms with Crippen molar-refractivity contribution in [2.45, 2.75) is 32.9 Å². The third-order valence-electron chi connectivity index (χ3n) is 3.27. The first kappa shape index (κ1) is 14.4. The number of aliphatic carboxylic acids is 1. The third-order valence-corrected chi connectivity index (χ3v) is 3.27. The molecule has 8 heteroatoms. The van der Waals surface area contributed by atoms with Crippen molar-refractivity contribution in [1.82, 2.24) is 25.6 Å². The molecule has 2 heterocycles. The van der Waals surface area contributed by atoms with Gasteiger partial charge in [-0.1, -0.05) is 26.0 Å². The molecule has 1 atom stereocenters. The monoisotopic (exact) mass is 281 g/mol. The summed E-state index contributed by atoms with van der Waals surface area (Å²) in [5, 5.41) is 22.5. The molecule has 0 aliphatic carbocycles. The lowest BCUT2D eigenvalue weighted by molar-refractivity contribution is -0.142. The molecule has 0 radical (unpaired) electrons. The fraction of sp³-hybridized carbons (Fsp3) is 0.667. The first-order valence-electron chi connectivity index (χ1n) is 6.45. The number of carbonyl (C=O) groups is 2. The quantitative estimate of drug-likeness (QED) is 0.696. The molecule has 1 aliphatic heterocycles. The molecule has 0 unspecified atom stereocenters. The van der Waals surface area contributed by atoms with Gasteiger partial charge in [-0.2, -0.15) is 0 Å². The Kier molecular flexibility index (Phi) is 3.76. The maximum absolute atomic E-state index is 12.0. The number of carboxylic acids is 1. The smallest absolute Gasteiger partial charge is 0.326 e. The second kappa shape index (κ2) is 5.20. The maximum atomic E-state index is 12.0. The molecule has 1 fully saturated rings. The van der Waals surface area contributed by atoms with Crippen molar-refractivity contribution in [3.8, 4) is 0 Å². The molecule has 1 saturated heterocycles. The lowest BCUT2D eigenvalue weighted by atomic mass is 9.86. The molecule has 3 N–H and O–H groups in total. The van der Waals surface area contributed by atoms with Gasteiger partial charge in [-0.05, 0) is 5.41 Å². The van der Waals surface area contributed by atoms with Crippen molar-refractivity contribution in [3.63, 3.8) is 0 Å². The molecule has 110 valence electrons. The lowest BCUT2D eigenvalue weighted by Gasteiger charge is -2.27. The fourth-order valence-electron chi connectivity index (χ4n) is 1.87. The number of nitrogens with zero attached hydrogens (tertiary/aromatic N) is 3. The van der Waals surface area contributed by atoms with Gasteiger partial charge in [-0.3, -0.25) is 4.79 Å². The Morgan fingerprint density at radius 1 is 1.50 bits per heavy atom. The van der Waals surface area contributed by atoms with Crippen LogP contribution in [0.1, 0.15) is 37.3 Å². The van der Waals surface area contributed by atoms with Gasteiger partial charge in [-0.25, -0.2) is 9.48 Å². The Morgan fingerprint density at radius 3 is 2.60 bits per heavy atom. The van der Waals surface area contributed by atoms with Gasteiger partial charge in [0.1, 0.15) is 6.04 Å². The zero-order chi connectivity index (χ0) is 14.9. The largest absolute Gasteiger partial charge is 0.480 e. The molecule has 0 aromatic carbocycles. The number of rotatable bonds is 4. The van der Waals surface area contributed by atoms with Crippen molar-refractivity contribution >= 4 is 11.9 Å². The summed E-state index contributed by atoms with van der Waals surface area (Å²) in [4.78, 5) is 23.3. The highest BCUT2D eigenvalue weighted by Gasteiger charge is 2.33. The first-order chi connectivity index (χ1) is 9.29. The van der Waals surface area contributed by atoms with Crippen molar-refractivity contribution in [1.29, 1.82) is 0 Å². The average Bonchev–Trinajstić information content (AvgIpc) is 2.70. The van der Waals surface area contributed by atoms with Gasteiger partial charge in [0, 0.05) is 13.1 Å². The minimum Gasteiger partial charge on any atom is -0.480 e. The van der Waals surface area contributed by atoms with Gasteiger partial charge in [-0.15, -0.1) is 5.10 Å². The van der Waals surface area contributed by atoms with Gasteiger partial charge >= 0.3 is 5.97 Å². The van der Waals surface area contributed by atoms with E-state index < -0.39 is 23.3 Å². The maximum Gasteiger partial charge on any atom is 0.326 e. The van der Waals surface area contributed by atoms with E-state index in [2.05, 4.69) is 20.9 Å². The molecule has 1 amide bonds. The average molecular weight is 281 g/mol. The van der Waals surface area contributed by atoms with E-state index in [1.54, 1.807) is 31.6 Å². The molecule has 0 spiro atoms. The lowest BCUT2D eigenvalue weighted by Crippen LogP contribution is -2.49. The molecular weight excluding hydrogens is 262 g/mol. The summed E-state index contributed by atoms with van der Waals surface area (Å²) in [5.41, 5.74) is -0.456. The minimum atomic E-state index is -1.07. The molecule has 0 saturated carbocycles. The van der Waals surface area contributed by atoms with E-state index in [1.165, 1.54) is 0 Å². The summed E-state index contributed by atoms with van der Waals surface area (Å²) in [6, 6.07) is -0.771. The van der Waals surface area contributed by atoms with Crippen LogP contribution in [0.3, 0.4) is 0 Å². The molecule has 8 nitrogen and oxygen atoms in total. The number of carboxylic acid groups (broad SMARTS) is 1. The van der Waals surface area contributed by atoms with Crippen LogP contribution in [0.25, 0.3) is 0 Å². The Hall–Kier alpha value is -1.96. The molecule has 1 aromatic rings. The Morgan fingerprint density at radius 2 is 2.15 bits per heavy atom. The summed E-state index contributed by atoms with van der Waals surface area (Å²) in [5.74, 6) is -1.59. The minimum absolute atomic E-state index is 0.132. The number of amides is 1. The molecule has 1 aromatic heterocycles. The topological polar surface area (TPSA) is 109 Å². The Balaban J connectivity index is 2.06. The summed E-state index contributed by atoms with van der Waals surface area (Å²) >= 11 is 0. The fourth-order valence-corrected chi connectivity index (χ4v) is 1.87. The predicted molar refractivity (Wildman–Crippen MR) is 70.3 cm³/mol. The van der Waals surface area contributed by atoms with Crippen molar-refractivity contribution < 1.29 is 14.7 Å². The highest BCUT2D eigenvalue weighted by molar-refractivity contribution is 5.94.